The summed E-state index contributed by atoms with van der Waals surface area (Å²) in [5.74, 6) is 0.558. The molecule has 5 nitrogen and oxygen atoms in total. The second kappa shape index (κ2) is 7.46. The highest BCUT2D eigenvalue weighted by Gasteiger charge is 2.09. The Labute approximate surface area is 140 Å². The van der Waals surface area contributed by atoms with E-state index < -0.39 is 0 Å². The van der Waals surface area contributed by atoms with Crippen LogP contribution in [0.2, 0.25) is 0 Å². The molecule has 2 aromatic heterocycles. The number of carbonyl (C=O) groups is 1. The van der Waals surface area contributed by atoms with Crippen molar-refractivity contribution in [1.82, 2.24) is 15.1 Å². The summed E-state index contributed by atoms with van der Waals surface area (Å²) in [5, 5.41) is 7.16. The van der Waals surface area contributed by atoms with Crippen molar-refractivity contribution >= 4 is 12.0 Å². The smallest absolute Gasteiger partial charge is 0.244 e. The van der Waals surface area contributed by atoms with E-state index in [1.165, 1.54) is 11.6 Å². The van der Waals surface area contributed by atoms with Gasteiger partial charge in [-0.05, 0) is 30.7 Å². The summed E-state index contributed by atoms with van der Waals surface area (Å²) in [6.45, 7) is 2.58. The summed E-state index contributed by atoms with van der Waals surface area (Å²) in [6, 6.07) is 13.6. The third kappa shape index (κ3) is 4.23. The average Bonchev–Trinajstić information content (AvgIpc) is 3.26. The molecular weight excluding hydrogens is 302 g/mol. The first-order valence-electron chi connectivity index (χ1n) is 7.79. The Kier molecular flexibility index (Phi) is 4.91. The summed E-state index contributed by atoms with van der Waals surface area (Å²) in [6.07, 6.45) is 8.49. The van der Waals surface area contributed by atoms with Crippen molar-refractivity contribution < 1.29 is 9.21 Å². The van der Waals surface area contributed by atoms with Gasteiger partial charge in [0.2, 0.25) is 5.91 Å². The fourth-order valence-electron chi connectivity index (χ4n) is 2.36. The monoisotopic (exact) mass is 321 g/mol. The molecule has 0 spiro atoms. The molecular formula is C19H19N3O2. The predicted molar refractivity (Wildman–Crippen MR) is 92.1 cm³/mol. The molecule has 1 amide bonds. The number of hydrogen-bond acceptors (Lipinski definition) is 3. The first-order valence-corrected chi connectivity index (χ1v) is 7.79. The van der Waals surface area contributed by atoms with Crippen molar-refractivity contribution in [2.45, 2.75) is 19.5 Å². The Balaban J connectivity index is 1.56. The quantitative estimate of drug-likeness (QED) is 0.708. The van der Waals surface area contributed by atoms with Crippen LogP contribution < -0.4 is 5.32 Å². The van der Waals surface area contributed by atoms with Gasteiger partial charge in [0.1, 0.15) is 5.76 Å². The third-order valence-corrected chi connectivity index (χ3v) is 3.60. The summed E-state index contributed by atoms with van der Waals surface area (Å²) >= 11 is 0. The lowest BCUT2D eigenvalue weighted by atomic mass is 10.2. The number of nitrogens with one attached hydrogen (secondary N) is 1. The number of carbonyl (C=O) groups excluding carboxylic acids is 1. The lowest BCUT2D eigenvalue weighted by Crippen LogP contribution is -2.24. The van der Waals surface area contributed by atoms with Gasteiger partial charge in [0.05, 0.1) is 25.0 Å². The number of aromatic nitrogens is 2. The number of nitrogens with zero attached hydrogens (tertiary/aromatic N) is 2. The van der Waals surface area contributed by atoms with Crippen LogP contribution in [-0.4, -0.2) is 15.7 Å². The van der Waals surface area contributed by atoms with Crippen molar-refractivity contribution in [2.24, 2.45) is 0 Å². The minimum absolute atomic E-state index is 0.169. The van der Waals surface area contributed by atoms with E-state index in [0.29, 0.717) is 6.54 Å². The van der Waals surface area contributed by atoms with E-state index in [1.54, 1.807) is 24.6 Å². The third-order valence-electron chi connectivity index (χ3n) is 3.60. The van der Waals surface area contributed by atoms with Crippen molar-refractivity contribution in [1.29, 1.82) is 0 Å². The van der Waals surface area contributed by atoms with E-state index in [2.05, 4.69) is 22.5 Å². The molecule has 1 aromatic carbocycles. The topological polar surface area (TPSA) is 60.1 Å². The average molecular weight is 321 g/mol. The molecule has 24 heavy (non-hydrogen) atoms. The van der Waals surface area contributed by atoms with Crippen LogP contribution in [0.5, 0.6) is 0 Å². The van der Waals surface area contributed by atoms with Gasteiger partial charge >= 0.3 is 0 Å². The van der Waals surface area contributed by atoms with E-state index in [-0.39, 0.29) is 11.9 Å². The summed E-state index contributed by atoms with van der Waals surface area (Å²) in [7, 11) is 0. The van der Waals surface area contributed by atoms with E-state index in [4.69, 9.17) is 4.42 Å². The lowest BCUT2D eigenvalue weighted by molar-refractivity contribution is -0.117. The Hall–Kier alpha value is -3.08. The minimum Gasteiger partial charge on any atom is -0.467 e. The fraction of sp³-hybridized carbons (Fsp3) is 0.158. The van der Waals surface area contributed by atoms with Crippen LogP contribution >= 0.6 is 0 Å². The van der Waals surface area contributed by atoms with Crippen LogP contribution in [0.3, 0.4) is 0 Å². The minimum atomic E-state index is -0.172. The van der Waals surface area contributed by atoms with E-state index in [9.17, 15) is 4.79 Å². The highest BCUT2D eigenvalue weighted by molar-refractivity contribution is 5.91. The van der Waals surface area contributed by atoms with Gasteiger partial charge in [-0.1, -0.05) is 30.3 Å². The number of benzene rings is 1. The van der Waals surface area contributed by atoms with E-state index in [0.717, 1.165) is 11.3 Å². The molecule has 3 aromatic rings. The van der Waals surface area contributed by atoms with Crippen molar-refractivity contribution in [2.75, 3.05) is 0 Å². The van der Waals surface area contributed by atoms with Gasteiger partial charge in [0.25, 0.3) is 0 Å². The molecule has 0 saturated heterocycles. The first kappa shape index (κ1) is 15.8. The largest absolute Gasteiger partial charge is 0.467 e. The van der Waals surface area contributed by atoms with Gasteiger partial charge < -0.3 is 9.73 Å². The van der Waals surface area contributed by atoms with Gasteiger partial charge in [-0.25, -0.2) is 0 Å². The van der Waals surface area contributed by atoms with Crippen LogP contribution in [0.15, 0.2) is 71.6 Å². The van der Waals surface area contributed by atoms with Gasteiger partial charge in [-0.2, -0.15) is 5.10 Å². The van der Waals surface area contributed by atoms with Gasteiger partial charge in [0, 0.05) is 17.8 Å². The molecule has 1 N–H and O–H groups in total. The predicted octanol–water partition coefficient (Wildman–Crippen LogP) is 3.42. The van der Waals surface area contributed by atoms with Crippen LogP contribution in [0.25, 0.3) is 6.08 Å². The normalized spacial score (nSPS) is 12.4. The zero-order valence-corrected chi connectivity index (χ0v) is 13.4. The Morgan fingerprint density at radius 1 is 1.29 bits per heavy atom. The molecule has 2 heterocycles. The van der Waals surface area contributed by atoms with Gasteiger partial charge in [-0.15, -0.1) is 0 Å². The molecule has 0 aliphatic rings. The highest BCUT2D eigenvalue weighted by atomic mass is 16.3. The number of amides is 1. The summed E-state index contributed by atoms with van der Waals surface area (Å²) in [4.78, 5) is 12.0. The molecule has 122 valence electrons. The van der Waals surface area contributed by atoms with Crippen LogP contribution in [0, 0.1) is 0 Å². The van der Waals surface area contributed by atoms with E-state index >= 15 is 0 Å². The number of furan rings is 1. The van der Waals surface area contributed by atoms with Crippen molar-refractivity contribution in [3.05, 3.63) is 84.1 Å². The van der Waals surface area contributed by atoms with Gasteiger partial charge in [0.15, 0.2) is 0 Å². The van der Waals surface area contributed by atoms with Crippen LogP contribution in [0.1, 0.15) is 29.9 Å². The molecule has 0 fully saturated rings. The molecule has 0 aliphatic heterocycles. The SMILES string of the molecule is C[C@H](NC(=O)/C=C/c1cnn(Cc2ccccc2)c1)c1ccco1. The molecule has 3 rings (SSSR count). The summed E-state index contributed by atoms with van der Waals surface area (Å²) < 4.78 is 7.11. The number of rotatable bonds is 6. The van der Waals surface area contributed by atoms with Crippen molar-refractivity contribution in [3.8, 4) is 0 Å². The molecule has 0 radical (unpaired) electrons. The second-order valence-electron chi connectivity index (χ2n) is 5.54. The van der Waals surface area contributed by atoms with E-state index in [1.807, 2.05) is 42.1 Å². The molecule has 1 atom stereocenters. The standard InChI is InChI=1S/C19H19N3O2/c1-15(18-8-5-11-24-18)21-19(23)10-9-17-12-20-22(14-17)13-16-6-3-2-4-7-16/h2-12,14-15H,13H2,1H3,(H,21,23)/b10-9+/t15-/m0/s1. The fourth-order valence-corrected chi connectivity index (χ4v) is 2.36. The lowest BCUT2D eigenvalue weighted by Gasteiger charge is -2.08. The first-order chi connectivity index (χ1) is 11.7. The zero-order chi connectivity index (χ0) is 16.8. The molecule has 0 aliphatic carbocycles. The molecule has 5 heteroatoms. The second-order valence-corrected chi connectivity index (χ2v) is 5.54. The summed E-state index contributed by atoms with van der Waals surface area (Å²) in [5.41, 5.74) is 2.06. The van der Waals surface area contributed by atoms with Crippen molar-refractivity contribution in [3.63, 3.8) is 0 Å². The molecule has 0 unspecified atom stereocenters. The zero-order valence-electron chi connectivity index (χ0n) is 13.4. The number of hydrogen-bond donors (Lipinski definition) is 1. The maximum atomic E-state index is 12.0. The molecule has 0 bridgehead atoms. The van der Waals surface area contributed by atoms with Gasteiger partial charge in [-0.3, -0.25) is 9.48 Å². The Bertz CT molecular complexity index is 804. The maximum Gasteiger partial charge on any atom is 0.244 e. The maximum absolute atomic E-state index is 12.0. The van der Waals surface area contributed by atoms with Crippen LogP contribution in [0.4, 0.5) is 0 Å². The highest BCUT2D eigenvalue weighted by Crippen LogP contribution is 2.12. The molecule has 0 saturated carbocycles. The van der Waals surface area contributed by atoms with Crippen LogP contribution in [-0.2, 0) is 11.3 Å². The Morgan fingerprint density at radius 2 is 2.12 bits per heavy atom. The Morgan fingerprint density at radius 3 is 2.88 bits per heavy atom.